The zero-order valence-electron chi connectivity index (χ0n) is 15.3. The number of aromatic nitrogens is 2. The first-order valence-electron chi connectivity index (χ1n) is 9.21. The van der Waals surface area contributed by atoms with Crippen molar-refractivity contribution in [1.29, 1.82) is 0 Å². The van der Waals surface area contributed by atoms with Crippen LogP contribution in [0.5, 0.6) is 0 Å². The van der Waals surface area contributed by atoms with E-state index in [0.717, 1.165) is 24.1 Å². The standard InChI is InChI=1S/C23H20ClN3O/c24-20-13-11-18(12-14-20)21(25-16-15-17-7-3-1-4-8-17)23-27-26-22(28-23)19-9-5-2-6-10-19/h1-14,21,25H,15-16H2. The molecule has 0 aliphatic carbocycles. The highest BCUT2D eigenvalue weighted by molar-refractivity contribution is 6.30. The minimum absolute atomic E-state index is 0.203. The number of nitrogens with one attached hydrogen (secondary N) is 1. The van der Waals surface area contributed by atoms with Gasteiger partial charge in [0.25, 0.3) is 0 Å². The summed E-state index contributed by atoms with van der Waals surface area (Å²) in [6.45, 7) is 0.778. The van der Waals surface area contributed by atoms with Crippen LogP contribution in [0, 0.1) is 0 Å². The lowest BCUT2D eigenvalue weighted by atomic mass is 10.1. The Kier molecular flexibility index (Phi) is 5.80. The third-order valence-electron chi connectivity index (χ3n) is 4.52. The second-order valence-corrected chi connectivity index (χ2v) is 6.92. The molecule has 0 spiro atoms. The Morgan fingerprint density at radius 2 is 1.50 bits per heavy atom. The molecule has 0 fully saturated rings. The van der Waals surface area contributed by atoms with Crippen molar-refractivity contribution >= 4 is 11.6 Å². The Bertz CT molecular complexity index is 1000. The van der Waals surface area contributed by atoms with E-state index >= 15 is 0 Å². The lowest BCUT2D eigenvalue weighted by Gasteiger charge is -2.16. The molecule has 1 atom stereocenters. The molecule has 1 heterocycles. The van der Waals surface area contributed by atoms with Crippen molar-refractivity contribution in [2.45, 2.75) is 12.5 Å². The molecule has 3 aromatic carbocycles. The van der Waals surface area contributed by atoms with Crippen LogP contribution in [0.1, 0.15) is 23.1 Å². The van der Waals surface area contributed by atoms with Gasteiger partial charge in [-0.05, 0) is 41.8 Å². The summed E-state index contributed by atoms with van der Waals surface area (Å²) >= 11 is 6.06. The van der Waals surface area contributed by atoms with E-state index in [1.165, 1.54) is 5.56 Å². The predicted octanol–water partition coefficient (Wildman–Crippen LogP) is 5.31. The number of benzene rings is 3. The SMILES string of the molecule is Clc1ccc(C(NCCc2ccccc2)c2nnc(-c3ccccc3)o2)cc1. The van der Waals surface area contributed by atoms with E-state index in [4.69, 9.17) is 16.0 Å². The van der Waals surface area contributed by atoms with Crippen molar-refractivity contribution in [2.24, 2.45) is 0 Å². The Balaban J connectivity index is 1.56. The highest BCUT2D eigenvalue weighted by Crippen LogP contribution is 2.26. The summed E-state index contributed by atoms with van der Waals surface area (Å²) in [5, 5.41) is 12.8. The first-order valence-corrected chi connectivity index (χ1v) is 9.59. The molecule has 0 radical (unpaired) electrons. The van der Waals surface area contributed by atoms with Crippen molar-refractivity contribution < 1.29 is 4.42 Å². The van der Waals surface area contributed by atoms with E-state index in [1.807, 2.05) is 60.7 Å². The van der Waals surface area contributed by atoms with Gasteiger partial charge in [-0.25, -0.2) is 0 Å². The van der Waals surface area contributed by atoms with Crippen molar-refractivity contribution in [3.8, 4) is 11.5 Å². The van der Waals surface area contributed by atoms with Crippen molar-refractivity contribution in [2.75, 3.05) is 6.54 Å². The third-order valence-corrected chi connectivity index (χ3v) is 4.77. The monoisotopic (exact) mass is 389 g/mol. The summed E-state index contributed by atoms with van der Waals surface area (Å²) in [5.41, 5.74) is 3.21. The smallest absolute Gasteiger partial charge is 0.247 e. The van der Waals surface area contributed by atoms with E-state index < -0.39 is 0 Å². The predicted molar refractivity (Wildman–Crippen MR) is 111 cm³/mol. The van der Waals surface area contributed by atoms with Gasteiger partial charge in [-0.1, -0.05) is 72.3 Å². The summed E-state index contributed by atoms with van der Waals surface area (Å²) in [6.07, 6.45) is 0.907. The van der Waals surface area contributed by atoms with Gasteiger partial charge in [0, 0.05) is 17.1 Å². The van der Waals surface area contributed by atoms with Crippen molar-refractivity contribution in [1.82, 2.24) is 15.5 Å². The molecule has 4 aromatic rings. The first-order chi connectivity index (χ1) is 13.8. The fourth-order valence-electron chi connectivity index (χ4n) is 3.06. The average Bonchev–Trinajstić information content (AvgIpc) is 3.23. The molecule has 1 aromatic heterocycles. The maximum absolute atomic E-state index is 6.06. The molecule has 0 saturated heterocycles. The van der Waals surface area contributed by atoms with Crippen LogP contribution in [-0.4, -0.2) is 16.7 Å². The second kappa shape index (κ2) is 8.83. The van der Waals surface area contributed by atoms with E-state index in [9.17, 15) is 0 Å². The van der Waals surface area contributed by atoms with Gasteiger partial charge in [0.2, 0.25) is 11.8 Å². The van der Waals surface area contributed by atoms with Gasteiger partial charge in [0.15, 0.2) is 0 Å². The van der Waals surface area contributed by atoms with Gasteiger partial charge >= 0.3 is 0 Å². The molecule has 0 aliphatic rings. The van der Waals surface area contributed by atoms with Crippen LogP contribution in [0.4, 0.5) is 0 Å². The average molecular weight is 390 g/mol. The van der Waals surface area contributed by atoms with Crippen LogP contribution < -0.4 is 5.32 Å². The number of hydrogen-bond acceptors (Lipinski definition) is 4. The van der Waals surface area contributed by atoms with E-state index in [2.05, 4.69) is 39.8 Å². The molecule has 28 heavy (non-hydrogen) atoms. The van der Waals surface area contributed by atoms with Gasteiger partial charge in [0.05, 0.1) is 0 Å². The molecule has 1 N–H and O–H groups in total. The van der Waals surface area contributed by atoms with Crippen LogP contribution in [0.2, 0.25) is 5.02 Å². The molecule has 0 saturated carbocycles. The van der Waals surface area contributed by atoms with Crippen molar-refractivity contribution in [3.05, 3.63) is 107 Å². The Hall–Kier alpha value is -2.95. The van der Waals surface area contributed by atoms with Gasteiger partial charge in [0.1, 0.15) is 6.04 Å². The van der Waals surface area contributed by atoms with Gasteiger partial charge in [-0.3, -0.25) is 0 Å². The maximum Gasteiger partial charge on any atom is 0.247 e. The number of halogens is 1. The quantitative estimate of drug-likeness (QED) is 0.465. The zero-order valence-corrected chi connectivity index (χ0v) is 16.0. The summed E-state index contributed by atoms with van der Waals surface area (Å²) in [6, 6.07) is 27.7. The molecule has 0 aliphatic heterocycles. The summed E-state index contributed by atoms with van der Waals surface area (Å²) in [4.78, 5) is 0. The second-order valence-electron chi connectivity index (χ2n) is 6.49. The van der Waals surface area contributed by atoms with Gasteiger partial charge < -0.3 is 9.73 Å². The minimum atomic E-state index is -0.203. The zero-order chi connectivity index (χ0) is 19.2. The fraction of sp³-hybridized carbons (Fsp3) is 0.130. The third kappa shape index (κ3) is 4.47. The molecule has 5 heteroatoms. The minimum Gasteiger partial charge on any atom is -0.419 e. The van der Waals surface area contributed by atoms with Gasteiger partial charge in [-0.2, -0.15) is 0 Å². The molecular formula is C23H20ClN3O. The molecule has 4 rings (SSSR count). The number of rotatable bonds is 7. The maximum atomic E-state index is 6.06. The largest absolute Gasteiger partial charge is 0.419 e. The molecule has 0 bridgehead atoms. The molecule has 0 amide bonds. The first kappa shape index (κ1) is 18.4. The fourth-order valence-corrected chi connectivity index (χ4v) is 3.18. The molecule has 140 valence electrons. The van der Waals surface area contributed by atoms with Crippen LogP contribution in [-0.2, 0) is 6.42 Å². The normalized spacial score (nSPS) is 12.0. The molecule has 4 nitrogen and oxygen atoms in total. The summed E-state index contributed by atoms with van der Waals surface area (Å²) < 4.78 is 6.00. The number of hydrogen-bond donors (Lipinski definition) is 1. The number of nitrogens with zero attached hydrogens (tertiary/aromatic N) is 2. The summed E-state index contributed by atoms with van der Waals surface area (Å²) in [7, 11) is 0. The highest BCUT2D eigenvalue weighted by Gasteiger charge is 2.21. The lowest BCUT2D eigenvalue weighted by molar-refractivity contribution is 0.440. The lowest BCUT2D eigenvalue weighted by Crippen LogP contribution is -2.25. The summed E-state index contributed by atoms with van der Waals surface area (Å²) in [5.74, 6) is 1.05. The van der Waals surface area contributed by atoms with Gasteiger partial charge in [-0.15, -0.1) is 10.2 Å². The van der Waals surface area contributed by atoms with E-state index in [1.54, 1.807) is 0 Å². The van der Waals surface area contributed by atoms with E-state index in [0.29, 0.717) is 16.8 Å². The molecule has 1 unspecified atom stereocenters. The van der Waals surface area contributed by atoms with Crippen LogP contribution in [0.3, 0.4) is 0 Å². The Morgan fingerprint density at radius 3 is 2.21 bits per heavy atom. The highest BCUT2D eigenvalue weighted by atomic mass is 35.5. The van der Waals surface area contributed by atoms with Crippen molar-refractivity contribution in [3.63, 3.8) is 0 Å². The van der Waals surface area contributed by atoms with Crippen LogP contribution in [0.25, 0.3) is 11.5 Å². The molecular weight excluding hydrogens is 370 g/mol. The van der Waals surface area contributed by atoms with E-state index in [-0.39, 0.29) is 6.04 Å². The van der Waals surface area contributed by atoms with Crippen LogP contribution >= 0.6 is 11.6 Å². The van der Waals surface area contributed by atoms with Crippen LogP contribution in [0.15, 0.2) is 89.3 Å². The topological polar surface area (TPSA) is 51.0 Å². The Labute approximate surface area is 169 Å². The Morgan fingerprint density at radius 1 is 0.821 bits per heavy atom.